The highest BCUT2D eigenvalue weighted by Crippen LogP contribution is 2.35. The summed E-state index contributed by atoms with van der Waals surface area (Å²) < 4.78 is 17.7. The molecule has 0 amide bonds. The van der Waals surface area contributed by atoms with E-state index in [1.807, 2.05) is 49.5 Å². The van der Waals surface area contributed by atoms with Crippen LogP contribution in [0, 0.1) is 0 Å². The number of rotatable bonds is 5. The molecule has 2 heterocycles. The Hall–Kier alpha value is -2.64. The molecule has 4 rings (SSSR count). The second-order valence-corrected chi connectivity index (χ2v) is 8.59. The Morgan fingerprint density at radius 1 is 1.21 bits per heavy atom. The third kappa shape index (κ3) is 4.52. The topological polar surface area (TPSA) is 67.3 Å². The molecule has 0 bridgehead atoms. The molecule has 0 aliphatic carbocycles. The second-order valence-electron chi connectivity index (χ2n) is 6.88. The van der Waals surface area contributed by atoms with Gasteiger partial charge in [0.2, 0.25) is 5.16 Å². The van der Waals surface area contributed by atoms with E-state index in [0.717, 1.165) is 35.8 Å². The molecule has 0 saturated carbocycles. The number of halogens is 1. The molecule has 1 aliphatic heterocycles. The molecule has 2 unspecified atom stereocenters. The van der Waals surface area contributed by atoms with Crippen LogP contribution in [0.25, 0.3) is 0 Å². The molecule has 29 heavy (non-hydrogen) atoms. The summed E-state index contributed by atoms with van der Waals surface area (Å²) in [6, 6.07) is 15.2. The van der Waals surface area contributed by atoms with E-state index in [1.165, 1.54) is 0 Å². The Morgan fingerprint density at radius 3 is 2.72 bits per heavy atom. The van der Waals surface area contributed by atoms with Crippen molar-refractivity contribution in [3.8, 4) is 11.5 Å². The monoisotopic (exact) mass is 428 g/mol. The van der Waals surface area contributed by atoms with Crippen LogP contribution in [0.3, 0.4) is 0 Å². The van der Waals surface area contributed by atoms with Crippen LogP contribution in [0.15, 0.2) is 59.9 Å². The van der Waals surface area contributed by atoms with Crippen LogP contribution in [0.5, 0.6) is 11.5 Å². The fourth-order valence-electron chi connectivity index (χ4n) is 3.31. The molecule has 1 aliphatic rings. The lowest BCUT2D eigenvalue weighted by atomic mass is 10.0. The molecule has 0 radical (unpaired) electrons. The van der Waals surface area contributed by atoms with E-state index < -0.39 is 10.8 Å². The van der Waals surface area contributed by atoms with Gasteiger partial charge in [0.05, 0.1) is 16.8 Å². The van der Waals surface area contributed by atoms with Crippen molar-refractivity contribution in [2.75, 3.05) is 30.1 Å². The van der Waals surface area contributed by atoms with Crippen molar-refractivity contribution in [3.63, 3.8) is 0 Å². The van der Waals surface area contributed by atoms with Gasteiger partial charge < -0.3 is 15.0 Å². The van der Waals surface area contributed by atoms with Crippen molar-refractivity contribution < 1.29 is 8.95 Å². The van der Waals surface area contributed by atoms with Crippen molar-refractivity contribution >= 4 is 33.9 Å². The van der Waals surface area contributed by atoms with Crippen molar-refractivity contribution in [1.29, 1.82) is 0 Å². The Morgan fingerprint density at radius 2 is 1.97 bits per heavy atom. The van der Waals surface area contributed by atoms with Crippen LogP contribution in [0.4, 0.5) is 11.5 Å². The quantitative estimate of drug-likeness (QED) is 0.596. The van der Waals surface area contributed by atoms with E-state index in [1.54, 1.807) is 18.5 Å². The second kappa shape index (κ2) is 8.39. The van der Waals surface area contributed by atoms with Crippen LogP contribution < -0.4 is 15.0 Å². The summed E-state index contributed by atoms with van der Waals surface area (Å²) in [6.45, 7) is 0.843. The van der Waals surface area contributed by atoms with Crippen molar-refractivity contribution in [1.82, 2.24) is 9.97 Å². The Labute approximate surface area is 177 Å². The molecule has 150 valence electrons. The predicted octanol–water partition coefficient (Wildman–Crippen LogP) is 4.65. The molecule has 0 spiro atoms. The van der Waals surface area contributed by atoms with Crippen LogP contribution in [-0.2, 0) is 10.8 Å². The summed E-state index contributed by atoms with van der Waals surface area (Å²) in [6.07, 6.45) is 4.27. The maximum Gasteiger partial charge on any atom is 0.220 e. The molecule has 8 heteroatoms. The first kappa shape index (κ1) is 19.7. The number of anilines is 2. The number of benzene rings is 2. The smallest absolute Gasteiger partial charge is 0.220 e. The first-order valence-corrected chi connectivity index (χ1v) is 11.1. The number of nitrogens with zero attached hydrogens (tertiary/aromatic N) is 3. The number of nitrogens with one attached hydrogen (secondary N) is 1. The molecule has 1 aromatic heterocycles. The summed E-state index contributed by atoms with van der Waals surface area (Å²) >= 11 is 6.03. The molecule has 6 nitrogen and oxygen atoms in total. The highest BCUT2D eigenvalue weighted by atomic mass is 35.5. The van der Waals surface area contributed by atoms with Gasteiger partial charge in [-0.2, -0.15) is 0 Å². The zero-order valence-corrected chi connectivity index (χ0v) is 17.7. The number of aromatic nitrogens is 2. The zero-order valence-electron chi connectivity index (χ0n) is 16.1. The van der Waals surface area contributed by atoms with Gasteiger partial charge in [0, 0.05) is 48.4 Å². The Bertz CT molecular complexity index is 1060. The fraction of sp³-hybridized carbons (Fsp3) is 0.238. The highest BCUT2D eigenvalue weighted by molar-refractivity contribution is 7.84. The Kier molecular flexibility index (Phi) is 5.69. The number of hydrogen-bond acceptors (Lipinski definition) is 6. The lowest BCUT2D eigenvalue weighted by Crippen LogP contribution is -2.31. The normalized spacial score (nSPS) is 16.8. The molecule has 0 saturated heterocycles. The summed E-state index contributed by atoms with van der Waals surface area (Å²) in [5.74, 6) is 2.23. The van der Waals surface area contributed by atoms with Crippen molar-refractivity contribution in [2.45, 2.75) is 17.6 Å². The first-order valence-electron chi connectivity index (χ1n) is 9.21. The Balaban J connectivity index is 1.56. The van der Waals surface area contributed by atoms with E-state index in [-0.39, 0.29) is 6.04 Å². The van der Waals surface area contributed by atoms with Gasteiger partial charge >= 0.3 is 0 Å². The average Bonchev–Trinajstić information content (AvgIpc) is 2.70. The standard InChI is InChI=1S/C21H21ClN4O2S/c1-26-10-9-19(18-13-23-21(29(2)27)25-20(18)26)24-15-6-4-8-17(12-15)28-16-7-3-5-14(22)11-16/h3-8,11-13,19,24H,9-10H2,1-2H3. The number of fused-ring (bicyclic) bond motifs is 1. The van der Waals surface area contributed by atoms with Crippen molar-refractivity contribution in [3.05, 3.63) is 65.3 Å². The van der Waals surface area contributed by atoms with Gasteiger partial charge in [-0.1, -0.05) is 23.7 Å². The minimum absolute atomic E-state index is 0.0574. The van der Waals surface area contributed by atoms with Crippen LogP contribution in [-0.4, -0.2) is 34.0 Å². The molecule has 2 atom stereocenters. The zero-order chi connectivity index (χ0) is 20.4. The molecule has 3 aromatic rings. The van der Waals surface area contributed by atoms with E-state index in [2.05, 4.69) is 20.2 Å². The minimum atomic E-state index is -1.21. The maximum atomic E-state index is 11.7. The summed E-state index contributed by atoms with van der Waals surface area (Å²) in [5.41, 5.74) is 1.93. The van der Waals surface area contributed by atoms with Crippen LogP contribution in [0.2, 0.25) is 5.02 Å². The molecular weight excluding hydrogens is 408 g/mol. The summed E-state index contributed by atoms with van der Waals surface area (Å²) in [5, 5.41) is 4.54. The summed E-state index contributed by atoms with van der Waals surface area (Å²) in [4.78, 5) is 10.9. The molecule has 0 fully saturated rings. The van der Waals surface area contributed by atoms with Crippen LogP contribution >= 0.6 is 11.6 Å². The predicted molar refractivity (Wildman–Crippen MR) is 117 cm³/mol. The maximum absolute atomic E-state index is 11.7. The van der Waals surface area contributed by atoms with Gasteiger partial charge in [0.15, 0.2) is 0 Å². The van der Waals surface area contributed by atoms with E-state index in [0.29, 0.717) is 15.9 Å². The summed E-state index contributed by atoms with van der Waals surface area (Å²) in [7, 11) is 0.779. The van der Waals surface area contributed by atoms with Gasteiger partial charge in [-0.25, -0.2) is 9.97 Å². The van der Waals surface area contributed by atoms with Gasteiger partial charge in [-0.15, -0.1) is 0 Å². The number of ether oxygens (including phenoxy) is 1. The van der Waals surface area contributed by atoms with E-state index in [9.17, 15) is 4.21 Å². The van der Waals surface area contributed by atoms with Crippen molar-refractivity contribution in [2.24, 2.45) is 0 Å². The fourth-order valence-corrected chi connectivity index (χ4v) is 3.90. The van der Waals surface area contributed by atoms with Gasteiger partial charge in [-0.05, 0) is 36.8 Å². The third-order valence-electron chi connectivity index (χ3n) is 4.73. The van der Waals surface area contributed by atoms with Gasteiger partial charge in [0.1, 0.15) is 17.3 Å². The van der Waals surface area contributed by atoms with Gasteiger partial charge in [-0.3, -0.25) is 4.21 Å². The third-order valence-corrected chi connectivity index (χ3v) is 5.67. The molecular formula is C21H21ClN4O2S. The molecule has 1 N–H and O–H groups in total. The molecule has 2 aromatic carbocycles. The first-order chi connectivity index (χ1) is 14.0. The largest absolute Gasteiger partial charge is 0.457 e. The number of hydrogen-bond donors (Lipinski definition) is 1. The highest BCUT2D eigenvalue weighted by Gasteiger charge is 2.26. The lowest BCUT2D eigenvalue weighted by Gasteiger charge is -2.32. The van der Waals surface area contributed by atoms with Crippen LogP contribution in [0.1, 0.15) is 18.0 Å². The average molecular weight is 429 g/mol. The van der Waals surface area contributed by atoms with Gasteiger partial charge in [0.25, 0.3) is 0 Å². The lowest BCUT2D eigenvalue weighted by molar-refractivity contribution is 0.483. The SMILES string of the molecule is CN1CCC(Nc2cccc(Oc3cccc(Cl)c3)c2)c2cnc(S(C)=O)nc21. The van der Waals surface area contributed by atoms with E-state index >= 15 is 0 Å². The minimum Gasteiger partial charge on any atom is -0.457 e. The van der Waals surface area contributed by atoms with E-state index in [4.69, 9.17) is 16.3 Å².